The van der Waals surface area contributed by atoms with Gasteiger partial charge < -0.3 is 4.90 Å². The highest BCUT2D eigenvalue weighted by Gasteiger charge is 2.33. The predicted molar refractivity (Wildman–Crippen MR) is 67.7 cm³/mol. The van der Waals surface area contributed by atoms with E-state index >= 15 is 0 Å². The summed E-state index contributed by atoms with van der Waals surface area (Å²) in [4.78, 5) is 14.9. The zero-order valence-corrected chi connectivity index (χ0v) is 10.6. The molecule has 0 saturated heterocycles. The van der Waals surface area contributed by atoms with Crippen molar-refractivity contribution in [2.45, 2.75) is 19.4 Å². The number of rotatable bonds is 5. The largest absolute Gasteiger partial charge is 0.334 e. The summed E-state index contributed by atoms with van der Waals surface area (Å²) < 4.78 is 0.771. The van der Waals surface area contributed by atoms with Crippen molar-refractivity contribution in [3.63, 3.8) is 0 Å². The van der Waals surface area contributed by atoms with E-state index in [-0.39, 0.29) is 11.8 Å². The van der Waals surface area contributed by atoms with E-state index in [1.165, 1.54) is 11.3 Å². The molecule has 0 aliphatic heterocycles. The van der Waals surface area contributed by atoms with Crippen LogP contribution in [0.1, 0.15) is 17.7 Å². The summed E-state index contributed by atoms with van der Waals surface area (Å²) >= 11 is 7.40. The molecule has 0 radical (unpaired) electrons. The summed E-state index contributed by atoms with van der Waals surface area (Å²) in [5, 5.41) is 0. The Labute approximate surface area is 105 Å². The molecule has 1 aliphatic rings. The van der Waals surface area contributed by atoms with Crippen LogP contribution in [-0.4, -0.2) is 17.4 Å². The van der Waals surface area contributed by atoms with Crippen LogP contribution in [-0.2, 0) is 11.3 Å². The van der Waals surface area contributed by atoms with Crippen LogP contribution < -0.4 is 0 Å². The molecule has 0 N–H and O–H groups in total. The highest BCUT2D eigenvalue weighted by atomic mass is 35.5. The van der Waals surface area contributed by atoms with Gasteiger partial charge in [0.05, 0.1) is 10.9 Å². The molecule has 0 spiro atoms. The van der Waals surface area contributed by atoms with E-state index in [2.05, 4.69) is 6.58 Å². The maximum absolute atomic E-state index is 12.0. The molecule has 1 amide bonds. The third-order valence-electron chi connectivity index (χ3n) is 2.56. The quantitative estimate of drug-likeness (QED) is 0.739. The molecular weight excluding hydrogens is 242 g/mol. The first-order chi connectivity index (χ1) is 7.70. The van der Waals surface area contributed by atoms with Crippen molar-refractivity contribution in [2.75, 3.05) is 6.54 Å². The lowest BCUT2D eigenvalue weighted by atomic mass is 10.3. The molecule has 0 bridgehead atoms. The van der Waals surface area contributed by atoms with Gasteiger partial charge in [0.15, 0.2) is 0 Å². The maximum Gasteiger partial charge on any atom is 0.226 e. The third-order valence-corrected chi connectivity index (χ3v) is 3.78. The second-order valence-electron chi connectivity index (χ2n) is 3.99. The highest BCUT2D eigenvalue weighted by molar-refractivity contribution is 7.16. The molecule has 0 aromatic carbocycles. The number of amides is 1. The Morgan fingerprint density at radius 3 is 2.88 bits per heavy atom. The summed E-state index contributed by atoms with van der Waals surface area (Å²) in [6.45, 7) is 4.96. The van der Waals surface area contributed by atoms with Gasteiger partial charge in [-0.2, -0.15) is 0 Å². The summed E-state index contributed by atoms with van der Waals surface area (Å²) in [7, 11) is 0. The number of hydrogen-bond acceptors (Lipinski definition) is 2. The summed E-state index contributed by atoms with van der Waals surface area (Å²) in [6.07, 6.45) is 3.85. The van der Waals surface area contributed by atoms with Crippen molar-refractivity contribution in [3.05, 3.63) is 34.0 Å². The number of hydrogen-bond donors (Lipinski definition) is 0. The molecule has 1 heterocycles. The van der Waals surface area contributed by atoms with E-state index in [1.807, 2.05) is 17.0 Å². The Bertz CT molecular complexity index is 397. The molecule has 86 valence electrons. The molecule has 2 rings (SSSR count). The molecule has 1 aromatic rings. The molecule has 1 aromatic heterocycles. The van der Waals surface area contributed by atoms with Crippen LogP contribution in [0.3, 0.4) is 0 Å². The Hall–Kier alpha value is -0.800. The van der Waals surface area contributed by atoms with Crippen LogP contribution in [0.4, 0.5) is 0 Å². The normalized spacial score (nSPS) is 14.8. The van der Waals surface area contributed by atoms with Crippen LogP contribution in [0, 0.1) is 5.92 Å². The second-order valence-corrected chi connectivity index (χ2v) is 5.79. The minimum Gasteiger partial charge on any atom is -0.334 e. The predicted octanol–water partition coefficient (Wildman–Crippen LogP) is 3.33. The minimum absolute atomic E-state index is 0.254. The minimum atomic E-state index is 0.254. The van der Waals surface area contributed by atoms with Gasteiger partial charge in [-0.1, -0.05) is 17.7 Å². The average molecular weight is 256 g/mol. The zero-order chi connectivity index (χ0) is 11.5. The second kappa shape index (κ2) is 5.02. The van der Waals surface area contributed by atoms with Gasteiger partial charge in [-0.05, 0) is 25.0 Å². The van der Waals surface area contributed by atoms with Crippen LogP contribution in [0.25, 0.3) is 0 Å². The number of halogens is 1. The smallest absolute Gasteiger partial charge is 0.226 e. The van der Waals surface area contributed by atoms with Gasteiger partial charge in [-0.25, -0.2) is 0 Å². The van der Waals surface area contributed by atoms with Crippen molar-refractivity contribution < 1.29 is 4.79 Å². The molecule has 1 fully saturated rings. The molecule has 16 heavy (non-hydrogen) atoms. The highest BCUT2D eigenvalue weighted by Crippen LogP contribution is 2.32. The first-order valence-electron chi connectivity index (χ1n) is 5.34. The van der Waals surface area contributed by atoms with E-state index < -0.39 is 0 Å². The Balaban J connectivity index is 2.01. The molecule has 1 saturated carbocycles. The summed E-state index contributed by atoms with van der Waals surface area (Å²) in [5.41, 5.74) is 0. The van der Waals surface area contributed by atoms with Gasteiger partial charge in [0.1, 0.15) is 0 Å². The van der Waals surface area contributed by atoms with Crippen molar-refractivity contribution in [1.82, 2.24) is 4.90 Å². The molecular formula is C12H14ClNOS. The first kappa shape index (κ1) is 11.7. The number of nitrogens with zero attached hydrogens (tertiary/aromatic N) is 1. The molecule has 1 aliphatic carbocycles. The van der Waals surface area contributed by atoms with Gasteiger partial charge in [0.2, 0.25) is 5.91 Å². The Morgan fingerprint density at radius 2 is 2.38 bits per heavy atom. The molecule has 0 unspecified atom stereocenters. The average Bonchev–Trinajstić information content (AvgIpc) is 3.02. The lowest BCUT2D eigenvalue weighted by Gasteiger charge is -2.20. The van der Waals surface area contributed by atoms with Gasteiger partial charge in [0, 0.05) is 17.3 Å². The van der Waals surface area contributed by atoms with E-state index in [0.717, 1.165) is 22.1 Å². The maximum atomic E-state index is 12.0. The van der Waals surface area contributed by atoms with Crippen molar-refractivity contribution in [3.8, 4) is 0 Å². The van der Waals surface area contributed by atoms with Gasteiger partial charge in [-0.15, -0.1) is 17.9 Å². The van der Waals surface area contributed by atoms with E-state index in [0.29, 0.717) is 13.1 Å². The monoisotopic (exact) mass is 255 g/mol. The van der Waals surface area contributed by atoms with Crippen LogP contribution >= 0.6 is 22.9 Å². The molecule has 4 heteroatoms. The zero-order valence-electron chi connectivity index (χ0n) is 8.99. The van der Waals surface area contributed by atoms with Crippen LogP contribution in [0.15, 0.2) is 24.8 Å². The fraction of sp³-hybridized carbons (Fsp3) is 0.417. The SMILES string of the molecule is C=CCN(Cc1ccc(Cl)s1)C(=O)C1CC1. The number of carbonyl (C=O) groups excluding carboxylic acids is 1. The van der Waals surface area contributed by atoms with E-state index in [1.54, 1.807) is 6.08 Å². The Kier molecular flexibility index (Phi) is 3.66. The van der Waals surface area contributed by atoms with Gasteiger partial charge in [0.25, 0.3) is 0 Å². The first-order valence-corrected chi connectivity index (χ1v) is 6.54. The van der Waals surface area contributed by atoms with Crippen molar-refractivity contribution in [1.29, 1.82) is 0 Å². The number of thiophene rings is 1. The fourth-order valence-electron chi connectivity index (χ4n) is 1.60. The lowest BCUT2D eigenvalue weighted by molar-refractivity contribution is -0.132. The lowest BCUT2D eigenvalue weighted by Crippen LogP contribution is -2.31. The van der Waals surface area contributed by atoms with Crippen molar-refractivity contribution >= 4 is 28.8 Å². The van der Waals surface area contributed by atoms with Crippen LogP contribution in [0.2, 0.25) is 4.34 Å². The Morgan fingerprint density at radius 1 is 1.62 bits per heavy atom. The topological polar surface area (TPSA) is 20.3 Å². The van der Waals surface area contributed by atoms with Gasteiger partial charge >= 0.3 is 0 Å². The molecule has 2 nitrogen and oxygen atoms in total. The summed E-state index contributed by atoms with van der Waals surface area (Å²) in [6, 6.07) is 3.85. The standard InChI is InChI=1S/C12H14ClNOS/c1-2-7-14(12(15)9-3-4-9)8-10-5-6-11(13)16-10/h2,5-6,9H,1,3-4,7-8H2. The third kappa shape index (κ3) is 2.86. The fourth-order valence-corrected chi connectivity index (χ4v) is 2.70. The molecule has 0 atom stereocenters. The van der Waals surface area contributed by atoms with E-state index in [9.17, 15) is 4.79 Å². The van der Waals surface area contributed by atoms with Gasteiger partial charge in [-0.3, -0.25) is 4.79 Å². The summed E-state index contributed by atoms with van der Waals surface area (Å²) in [5.74, 6) is 0.514. The van der Waals surface area contributed by atoms with E-state index in [4.69, 9.17) is 11.6 Å². The van der Waals surface area contributed by atoms with Crippen molar-refractivity contribution in [2.24, 2.45) is 5.92 Å². The number of carbonyl (C=O) groups is 1. The van der Waals surface area contributed by atoms with Crippen LogP contribution in [0.5, 0.6) is 0 Å².